The number of fused-ring (bicyclic) bond motifs is 5. The molecule has 4 aliphatic carbocycles. The third-order valence-corrected chi connectivity index (χ3v) is 13.5. The molecular weight excluding hydrogens is 494 g/mol. The van der Waals surface area contributed by atoms with Gasteiger partial charge in [0.25, 0.3) is 0 Å². The summed E-state index contributed by atoms with van der Waals surface area (Å²) < 4.78 is 15.5. The van der Waals surface area contributed by atoms with E-state index in [4.69, 9.17) is 19.0 Å². The lowest BCUT2D eigenvalue weighted by atomic mass is 9.44. The van der Waals surface area contributed by atoms with Crippen LogP contribution in [0.15, 0.2) is 0 Å². The molecule has 0 aromatic heterocycles. The molecule has 0 spiro atoms. The lowest BCUT2D eigenvalue weighted by Gasteiger charge is -2.60. The summed E-state index contributed by atoms with van der Waals surface area (Å²) in [5.74, 6) is 0.380. The molecule has 9 nitrogen and oxygen atoms in total. The number of carbonyl (C=O) groups excluding carboxylic acids is 2. The molecular formula is C27H49NO8Si. The van der Waals surface area contributed by atoms with Crippen LogP contribution in [0, 0.1) is 34.5 Å². The molecule has 0 aromatic rings. The van der Waals surface area contributed by atoms with Gasteiger partial charge in [-0.15, -0.1) is 0 Å². The predicted molar refractivity (Wildman–Crippen MR) is 140 cm³/mol. The van der Waals surface area contributed by atoms with Crippen LogP contribution in [0.2, 0.25) is 6.04 Å². The van der Waals surface area contributed by atoms with E-state index in [1.54, 1.807) is 21.3 Å². The maximum atomic E-state index is 13.4. The second-order valence-electron chi connectivity index (χ2n) is 12.2. The molecule has 10 heteroatoms. The molecule has 4 saturated carbocycles. The summed E-state index contributed by atoms with van der Waals surface area (Å²) in [6, 6.07) is 0.785. The first-order valence-electron chi connectivity index (χ1n) is 13.8. The van der Waals surface area contributed by atoms with Crippen LogP contribution in [0.3, 0.4) is 0 Å². The molecule has 5 N–H and O–H groups in total. The normalized spacial score (nSPS) is 41.2. The minimum Gasteiger partial charge on any atom is -0.393 e. The van der Waals surface area contributed by atoms with Gasteiger partial charge >= 0.3 is 8.80 Å². The zero-order chi connectivity index (χ0) is 27.6. The Balaban J connectivity index is 0.000000295. The van der Waals surface area contributed by atoms with Crippen molar-refractivity contribution in [3.05, 3.63) is 0 Å². The fourth-order valence-corrected chi connectivity index (χ4v) is 10.3. The zero-order valence-electron chi connectivity index (χ0n) is 23.3. The highest BCUT2D eigenvalue weighted by Crippen LogP contribution is 2.67. The molecule has 4 fully saturated rings. The standard InChI is InChI=1S/C21H32O5.C6H17NO3Si/c1-19-7-5-13(23)9-12(19)3-4-14-15-6-8-21(26,17(25)11-22)20(15,2)10-16(24)18(14)19;1-8-11(9-2,10-3)6-4-5-7/h12-15,18,22-23,26H,3-11H2,1-2H3;4-7H2,1-3H3/t12-,13-,14+,15+,18-,19+,20+,21+;/m1./s1. The Labute approximate surface area is 222 Å². The number of carbonyl (C=O) groups is 2. The summed E-state index contributed by atoms with van der Waals surface area (Å²) in [5.41, 5.74) is 2.95. The van der Waals surface area contributed by atoms with Crippen LogP contribution in [0.5, 0.6) is 0 Å². The molecule has 8 atom stereocenters. The summed E-state index contributed by atoms with van der Waals surface area (Å²) in [6.45, 7) is 4.11. The Morgan fingerprint density at radius 2 is 1.73 bits per heavy atom. The van der Waals surface area contributed by atoms with Gasteiger partial charge in [0, 0.05) is 45.1 Å². The molecule has 0 aromatic carbocycles. The van der Waals surface area contributed by atoms with Crippen molar-refractivity contribution in [2.24, 2.45) is 40.2 Å². The number of hydrogen-bond donors (Lipinski definition) is 4. The molecule has 37 heavy (non-hydrogen) atoms. The molecule has 0 amide bonds. The van der Waals surface area contributed by atoms with E-state index in [1.165, 1.54) is 0 Å². The maximum Gasteiger partial charge on any atom is 0.500 e. The number of hydrogen-bond acceptors (Lipinski definition) is 9. The van der Waals surface area contributed by atoms with Gasteiger partial charge in [-0.05, 0) is 81.1 Å². The summed E-state index contributed by atoms with van der Waals surface area (Å²) in [6.07, 6.45) is 6.35. The number of nitrogens with two attached hydrogens (primary N) is 1. The van der Waals surface area contributed by atoms with Gasteiger partial charge < -0.3 is 34.3 Å². The predicted octanol–water partition coefficient (Wildman–Crippen LogP) is 2.07. The van der Waals surface area contributed by atoms with Crippen LogP contribution in [-0.2, 0) is 22.9 Å². The number of aliphatic hydroxyl groups is 3. The fourth-order valence-electron chi connectivity index (χ4n) is 8.52. The molecule has 0 radical (unpaired) electrons. The molecule has 4 aliphatic rings. The highest BCUT2D eigenvalue weighted by atomic mass is 28.4. The average molecular weight is 544 g/mol. The maximum absolute atomic E-state index is 13.4. The molecule has 0 unspecified atom stereocenters. The lowest BCUT2D eigenvalue weighted by molar-refractivity contribution is -0.180. The quantitative estimate of drug-likeness (QED) is 0.338. The van der Waals surface area contributed by atoms with Crippen molar-refractivity contribution in [3.63, 3.8) is 0 Å². The van der Waals surface area contributed by atoms with E-state index in [9.17, 15) is 24.9 Å². The number of aliphatic hydroxyl groups excluding tert-OH is 2. The Kier molecular flexibility index (Phi) is 9.82. The van der Waals surface area contributed by atoms with Crippen molar-refractivity contribution in [2.75, 3.05) is 34.5 Å². The van der Waals surface area contributed by atoms with Crippen molar-refractivity contribution in [3.8, 4) is 0 Å². The van der Waals surface area contributed by atoms with Crippen LogP contribution in [0.25, 0.3) is 0 Å². The van der Waals surface area contributed by atoms with Crippen LogP contribution < -0.4 is 5.73 Å². The third kappa shape index (κ3) is 5.25. The fraction of sp³-hybridized carbons (Fsp3) is 0.926. The van der Waals surface area contributed by atoms with Crippen molar-refractivity contribution in [1.29, 1.82) is 0 Å². The van der Waals surface area contributed by atoms with Gasteiger partial charge in [0.2, 0.25) is 0 Å². The van der Waals surface area contributed by atoms with Gasteiger partial charge in [-0.3, -0.25) is 9.59 Å². The van der Waals surface area contributed by atoms with Gasteiger partial charge in [-0.25, -0.2) is 0 Å². The Morgan fingerprint density at radius 3 is 2.30 bits per heavy atom. The van der Waals surface area contributed by atoms with E-state index in [-0.39, 0.29) is 41.5 Å². The number of ketones is 2. The third-order valence-electron chi connectivity index (χ3n) is 10.7. The SMILES string of the molecule is CO[Si](CCCN)(OC)OC.C[C@]12CC[C@@H](O)C[C@H]1CC[C@@H]1[C@@H]2C(=O)C[C@@]2(C)[C@H]1CC[C@]2(O)C(=O)CO. The van der Waals surface area contributed by atoms with E-state index in [1.807, 2.05) is 6.92 Å². The minimum absolute atomic E-state index is 0.0154. The largest absolute Gasteiger partial charge is 0.500 e. The van der Waals surface area contributed by atoms with E-state index >= 15 is 0 Å². The van der Waals surface area contributed by atoms with Crippen molar-refractivity contribution < 1.29 is 38.2 Å². The molecule has 0 aliphatic heterocycles. The van der Waals surface area contributed by atoms with Gasteiger partial charge in [-0.1, -0.05) is 13.8 Å². The van der Waals surface area contributed by atoms with E-state index in [0.29, 0.717) is 18.9 Å². The second-order valence-corrected chi connectivity index (χ2v) is 15.3. The van der Waals surface area contributed by atoms with Crippen molar-refractivity contribution >= 4 is 20.4 Å². The molecule has 0 bridgehead atoms. The van der Waals surface area contributed by atoms with E-state index < -0.39 is 32.2 Å². The highest BCUT2D eigenvalue weighted by Gasteiger charge is 2.68. The molecule has 4 rings (SSSR count). The number of Topliss-reactive ketones (excluding diaryl/α,β-unsaturated/α-hetero) is 2. The summed E-state index contributed by atoms with van der Waals surface area (Å²) in [7, 11) is 2.50. The Bertz CT molecular complexity index is 816. The van der Waals surface area contributed by atoms with Crippen LogP contribution >= 0.6 is 0 Å². The first-order valence-corrected chi connectivity index (χ1v) is 15.8. The Morgan fingerprint density at radius 1 is 1.08 bits per heavy atom. The molecule has 0 heterocycles. The van der Waals surface area contributed by atoms with Gasteiger partial charge in [-0.2, -0.15) is 0 Å². The van der Waals surface area contributed by atoms with Crippen LogP contribution in [0.4, 0.5) is 0 Å². The van der Waals surface area contributed by atoms with E-state index in [0.717, 1.165) is 51.0 Å². The summed E-state index contributed by atoms with van der Waals surface area (Å²) in [5, 5.41) is 30.6. The van der Waals surface area contributed by atoms with Gasteiger partial charge in [0.1, 0.15) is 18.0 Å². The topological polar surface area (TPSA) is 149 Å². The zero-order valence-corrected chi connectivity index (χ0v) is 24.3. The summed E-state index contributed by atoms with van der Waals surface area (Å²) in [4.78, 5) is 25.7. The minimum atomic E-state index is -2.32. The second kappa shape index (κ2) is 11.8. The first-order chi connectivity index (χ1) is 17.4. The smallest absolute Gasteiger partial charge is 0.393 e. The highest BCUT2D eigenvalue weighted by molar-refractivity contribution is 6.60. The first kappa shape index (κ1) is 30.8. The number of rotatable bonds is 8. The molecule has 0 saturated heterocycles. The van der Waals surface area contributed by atoms with Crippen molar-refractivity contribution in [2.45, 2.75) is 89.4 Å². The van der Waals surface area contributed by atoms with Crippen LogP contribution in [0.1, 0.15) is 71.6 Å². The molecule has 214 valence electrons. The van der Waals surface area contributed by atoms with Gasteiger partial charge in [0.05, 0.1) is 6.10 Å². The van der Waals surface area contributed by atoms with Gasteiger partial charge in [0.15, 0.2) is 5.78 Å². The van der Waals surface area contributed by atoms with E-state index in [2.05, 4.69) is 6.92 Å². The lowest BCUT2D eigenvalue weighted by Crippen LogP contribution is -2.62. The Hall–Kier alpha value is -0.723. The average Bonchev–Trinajstić information content (AvgIpc) is 3.16. The summed E-state index contributed by atoms with van der Waals surface area (Å²) >= 11 is 0. The van der Waals surface area contributed by atoms with Crippen LogP contribution in [-0.4, -0.2) is 81.9 Å². The monoisotopic (exact) mass is 543 g/mol. The van der Waals surface area contributed by atoms with Crippen molar-refractivity contribution in [1.82, 2.24) is 0 Å².